The highest BCUT2D eigenvalue weighted by molar-refractivity contribution is 5.96. The van der Waals surface area contributed by atoms with E-state index >= 15 is 0 Å². The molecule has 2 heterocycles. The third-order valence-corrected chi connectivity index (χ3v) is 9.32. The van der Waals surface area contributed by atoms with Crippen LogP contribution in [0.15, 0.2) is 48.7 Å². The van der Waals surface area contributed by atoms with Crippen molar-refractivity contribution in [2.24, 2.45) is 18.9 Å². The SMILES string of the molecule is C[C@H](CO)N1C[C@H](C)[C@@H](CN(C)CC2CCCCC2)Oc2ccc(NC(=O)Cc3cn(C)c4ccccc34)cc2CC1=O. The van der Waals surface area contributed by atoms with Crippen LogP contribution in [0.4, 0.5) is 5.69 Å². The lowest BCUT2D eigenvalue weighted by molar-refractivity contribution is -0.134. The number of carbonyl (C=O) groups is 2. The van der Waals surface area contributed by atoms with Gasteiger partial charge in [0.15, 0.2) is 0 Å². The first-order valence-corrected chi connectivity index (χ1v) is 15.9. The molecule has 2 amide bonds. The van der Waals surface area contributed by atoms with Crippen LogP contribution in [0.2, 0.25) is 0 Å². The van der Waals surface area contributed by atoms with E-state index in [1.54, 1.807) is 4.90 Å². The number of fused-ring (bicyclic) bond motifs is 2. The van der Waals surface area contributed by atoms with Crippen LogP contribution in [0.1, 0.15) is 57.1 Å². The van der Waals surface area contributed by atoms with Gasteiger partial charge in [-0.2, -0.15) is 0 Å². The molecule has 1 fully saturated rings. The van der Waals surface area contributed by atoms with Crippen LogP contribution in [-0.2, 0) is 29.5 Å². The van der Waals surface area contributed by atoms with Gasteiger partial charge in [-0.25, -0.2) is 0 Å². The number of aryl methyl sites for hydroxylation is 1. The van der Waals surface area contributed by atoms with Crippen LogP contribution in [0.3, 0.4) is 0 Å². The molecule has 0 saturated heterocycles. The second-order valence-electron chi connectivity index (χ2n) is 12.9. The first kappa shape index (κ1) is 31.1. The Bertz CT molecular complexity index is 1410. The minimum Gasteiger partial charge on any atom is -0.488 e. The van der Waals surface area contributed by atoms with E-state index in [1.807, 2.05) is 67.2 Å². The normalized spacial score (nSPS) is 20.7. The zero-order valence-electron chi connectivity index (χ0n) is 26.2. The van der Waals surface area contributed by atoms with Crippen molar-refractivity contribution in [2.75, 3.05) is 38.6 Å². The summed E-state index contributed by atoms with van der Waals surface area (Å²) in [6.07, 6.45) is 8.84. The van der Waals surface area contributed by atoms with Gasteiger partial charge in [-0.3, -0.25) is 9.59 Å². The van der Waals surface area contributed by atoms with E-state index in [-0.39, 0.29) is 49.3 Å². The number of amides is 2. The zero-order chi connectivity index (χ0) is 30.5. The highest BCUT2D eigenvalue weighted by Gasteiger charge is 2.31. The number of nitrogens with zero attached hydrogens (tertiary/aromatic N) is 3. The van der Waals surface area contributed by atoms with Crippen molar-refractivity contribution >= 4 is 28.4 Å². The molecule has 232 valence electrons. The lowest BCUT2D eigenvalue weighted by Crippen LogP contribution is -2.48. The highest BCUT2D eigenvalue weighted by atomic mass is 16.5. The van der Waals surface area contributed by atoms with Gasteiger partial charge in [0, 0.05) is 61.0 Å². The van der Waals surface area contributed by atoms with Gasteiger partial charge in [0.25, 0.3) is 0 Å². The monoisotopic (exact) mass is 588 g/mol. The molecular weight excluding hydrogens is 540 g/mol. The molecule has 0 bridgehead atoms. The molecule has 2 aliphatic rings. The topological polar surface area (TPSA) is 87.0 Å². The van der Waals surface area contributed by atoms with E-state index in [9.17, 15) is 14.7 Å². The minimum absolute atomic E-state index is 0.0475. The molecule has 1 aliphatic carbocycles. The molecule has 0 unspecified atom stereocenters. The van der Waals surface area contributed by atoms with Gasteiger partial charge in [0.05, 0.1) is 25.5 Å². The first-order valence-electron chi connectivity index (χ1n) is 15.9. The minimum atomic E-state index is -0.291. The number of aromatic nitrogens is 1. The number of hydrogen-bond acceptors (Lipinski definition) is 5. The van der Waals surface area contributed by atoms with E-state index in [2.05, 4.69) is 24.2 Å². The van der Waals surface area contributed by atoms with Gasteiger partial charge in [0.1, 0.15) is 11.9 Å². The summed E-state index contributed by atoms with van der Waals surface area (Å²) in [6, 6.07) is 13.4. The second-order valence-corrected chi connectivity index (χ2v) is 12.9. The number of likely N-dealkylation sites (N-methyl/N-ethyl adjacent to an activating group) is 1. The summed E-state index contributed by atoms with van der Waals surface area (Å²) < 4.78 is 8.75. The van der Waals surface area contributed by atoms with Crippen molar-refractivity contribution in [2.45, 2.75) is 70.9 Å². The maximum atomic E-state index is 13.6. The van der Waals surface area contributed by atoms with Crippen molar-refractivity contribution < 1.29 is 19.4 Å². The highest BCUT2D eigenvalue weighted by Crippen LogP contribution is 2.30. The lowest BCUT2D eigenvalue weighted by Gasteiger charge is -2.35. The average Bonchev–Trinajstić information content (AvgIpc) is 3.32. The summed E-state index contributed by atoms with van der Waals surface area (Å²) in [5.74, 6) is 1.32. The molecule has 8 heteroatoms. The van der Waals surface area contributed by atoms with Crippen molar-refractivity contribution in [3.05, 3.63) is 59.8 Å². The van der Waals surface area contributed by atoms with Crippen molar-refractivity contribution in [3.63, 3.8) is 0 Å². The van der Waals surface area contributed by atoms with Crippen molar-refractivity contribution in [1.29, 1.82) is 0 Å². The molecule has 1 saturated carbocycles. The fraction of sp³-hybridized carbons (Fsp3) is 0.543. The van der Waals surface area contributed by atoms with Crippen LogP contribution < -0.4 is 10.1 Å². The van der Waals surface area contributed by atoms with Gasteiger partial charge < -0.3 is 29.5 Å². The molecule has 5 rings (SSSR count). The number of nitrogens with one attached hydrogen (secondary N) is 1. The molecule has 1 aromatic heterocycles. The molecule has 3 atom stereocenters. The number of carbonyl (C=O) groups excluding carboxylic acids is 2. The number of aliphatic hydroxyl groups is 1. The number of benzene rings is 2. The standard InChI is InChI=1S/C35H48N4O4/c1-24-19-39(25(2)23-40)35(42)18-27-16-29(36-34(41)17-28-21-38(4)31-13-9-8-12-30(28)31)14-15-32(27)43-33(24)22-37(3)20-26-10-6-5-7-11-26/h8-9,12-16,21,24-26,33,40H,5-7,10-11,17-20,22-23H2,1-4H3,(H,36,41)/t24-,25+,33+/m0/s1. The van der Waals surface area contributed by atoms with Crippen LogP contribution in [0, 0.1) is 11.8 Å². The van der Waals surface area contributed by atoms with E-state index in [4.69, 9.17) is 4.74 Å². The van der Waals surface area contributed by atoms with Crippen LogP contribution in [-0.4, -0.2) is 76.7 Å². The molecule has 43 heavy (non-hydrogen) atoms. The van der Waals surface area contributed by atoms with E-state index < -0.39 is 0 Å². The summed E-state index contributed by atoms with van der Waals surface area (Å²) in [4.78, 5) is 30.9. The summed E-state index contributed by atoms with van der Waals surface area (Å²) in [5, 5.41) is 14.1. The van der Waals surface area contributed by atoms with Crippen LogP contribution in [0.25, 0.3) is 10.9 Å². The number of hydrogen-bond donors (Lipinski definition) is 2. The maximum absolute atomic E-state index is 13.6. The summed E-state index contributed by atoms with van der Waals surface area (Å²) in [6.45, 7) is 6.26. The number of ether oxygens (including phenoxy) is 1. The summed E-state index contributed by atoms with van der Waals surface area (Å²) >= 11 is 0. The van der Waals surface area contributed by atoms with Gasteiger partial charge in [-0.05, 0) is 62.6 Å². The molecule has 8 nitrogen and oxygen atoms in total. The van der Waals surface area contributed by atoms with Gasteiger partial charge >= 0.3 is 0 Å². The molecule has 1 aliphatic heterocycles. The first-order chi connectivity index (χ1) is 20.7. The number of para-hydroxylation sites is 1. The molecule has 0 spiro atoms. The Labute approximate surface area is 256 Å². The van der Waals surface area contributed by atoms with Gasteiger partial charge in [0.2, 0.25) is 11.8 Å². The van der Waals surface area contributed by atoms with Gasteiger partial charge in [-0.15, -0.1) is 0 Å². The number of anilines is 1. The van der Waals surface area contributed by atoms with Crippen molar-refractivity contribution in [3.8, 4) is 5.75 Å². The smallest absolute Gasteiger partial charge is 0.228 e. The molecule has 3 aromatic rings. The fourth-order valence-electron chi connectivity index (χ4n) is 6.86. The zero-order valence-corrected chi connectivity index (χ0v) is 26.2. The predicted octanol–water partition coefficient (Wildman–Crippen LogP) is 5.02. The predicted molar refractivity (Wildman–Crippen MR) is 171 cm³/mol. The molecule has 0 radical (unpaired) electrons. The number of aliphatic hydroxyl groups excluding tert-OH is 1. The summed E-state index contributed by atoms with van der Waals surface area (Å²) in [7, 11) is 4.16. The Balaban J connectivity index is 1.35. The number of rotatable bonds is 9. The lowest BCUT2D eigenvalue weighted by atomic mass is 9.89. The largest absolute Gasteiger partial charge is 0.488 e. The molecule has 2 aromatic carbocycles. The van der Waals surface area contributed by atoms with E-state index in [1.165, 1.54) is 32.1 Å². The third-order valence-electron chi connectivity index (χ3n) is 9.32. The molecule has 2 N–H and O–H groups in total. The fourth-order valence-corrected chi connectivity index (χ4v) is 6.86. The van der Waals surface area contributed by atoms with Gasteiger partial charge in [-0.1, -0.05) is 44.4 Å². The summed E-state index contributed by atoms with van der Waals surface area (Å²) in [5.41, 5.74) is 3.45. The Morgan fingerprint density at radius 2 is 1.91 bits per heavy atom. The average molecular weight is 589 g/mol. The van der Waals surface area contributed by atoms with Crippen LogP contribution in [0.5, 0.6) is 5.75 Å². The van der Waals surface area contributed by atoms with E-state index in [0.29, 0.717) is 18.0 Å². The second kappa shape index (κ2) is 14.0. The quantitative estimate of drug-likeness (QED) is 0.367. The third kappa shape index (κ3) is 7.60. The maximum Gasteiger partial charge on any atom is 0.228 e. The Morgan fingerprint density at radius 1 is 1.14 bits per heavy atom. The van der Waals surface area contributed by atoms with Crippen molar-refractivity contribution in [1.82, 2.24) is 14.4 Å². The van der Waals surface area contributed by atoms with E-state index in [0.717, 1.165) is 41.0 Å². The molecular formula is C35H48N4O4. The Morgan fingerprint density at radius 3 is 2.67 bits per heavy atom. The Kier molecular flexibility index (Phi) is 10.1. The van der Waals surface area contributed by atoms with Crippen LogP contribution >= 0.6 is 0 Å². The Hall–Kier alpha value is -3.36.